The number of anilines is 1. The molecule has 0 radical (unpaired) electrons. The number of para-hydroxylation sites is 2. The normalized spacial score (nSPS) is 10.8. The summed E-state index contributed by atoms with van der Waals surface area (Å²) in [5.74, 6) is 1.71. The van der Waals surface area contributed by atoms with E-state index in [-0.39, 0.29) is 29.4 Å². The second-order valence-electron chi connectivity index (χ2n) is 7.52. The minimum atomic E-state index is -0.384. The van der Waals surface area contributed by atoms with E-state index in [4.69, 9.17) is 18.9 Å². The first-order valence-corrected chi connectivity index (χ1v) is 10.6. The van der Waals surface area contributed by atoms with Crippen molar-refractivity contribution in [2.75, 3.05) is 33.3 Å². The van der Waals surface area contributed by atoms with Gasteiger partial charge in [0.2, 0.25) is 5.75 Å². The zero-order valence-electron chi connectivity index (χ0n) is 20.0. The van der Waals surface area contributed by atoms with Crippen molar-refractivity contribution in [3.8, 4) is 23.0 Å². The minimum Gasteiger partial charge on any atom is -0.495 e. The van der Waals surface area contributed by atoms with Crippen LogP contribution in [0.3, 0.4) is 0 Å². The molecule has 0 saturated heterocycles. The molecule has 2 aromatic carbocycles. The maximum absolute atomic E-state index is 13.9. The molecule has 4 rings (SSSR count). The molecule has 0 saturated carbocycles. The Hall–Kier alpha value is -4.54. The van der Waals surface area contributed by atoms with Crippen LogP contribution in [-0.2, 0) is 6.54 Å². The SMILES string of the molecule is COc1ccccc1N(Cc1nc2nc(C)cc(=O)n2[nH]1)C(=O)c1cc(OC)c(OC)c(OC)c1. The first-order chi connectivity index (χ1) is 16.9. The number of fused-ring (bicyclic) bond motifs is 1. The summed E-state index contributed by atoms with van der Waals surface area (Å²) < 4.78 is 22.9. The Labute approximate surface area is 200 Å². The van der Waals surface area contributed by atoms with Crippen molar-refractivity contribution in [3.63, 3.8) is 0 Å². The minimum absolute atomic E-state index is 0.00227. The number of aryl methyl sites for hydroxylation is 1. The molecular formula is C24H25N5O6. The van der Waals surface area contributed by atoms with Crippen molar-refractivity contribution in [2.24, 2.45) is 0 Å². The maximum atomic E-state index is 13.9. The second-order valence-corrected chi connectivity index (χ2v) is 7.52. The van der Waals surface area contributed by atoms with Crippen molar-refractivity contribution in [1.29, 1.82) is 0 Å². The number of H-pyrrole nitrogens is 1. The van der Waals surface area contributed by atoms with Crippen LogP contribution >= 0.6 is 0 Å². The molecular weight excluding hydrogens is 454 g/mol. The molecule has 182 valence electrons. The third kappa shape index (κ3) is 4.47. The lowest BCUT2D eigenvalue weighted by Crippen LogP contribution is -2.31. The summed E-state index contributed by atoms with van der Waals surface area (Å²) in [5.41, 5.74) is 1.03. The van der Waals surface area contributed by atoms with Gasteiger partial charge in [-0.25, -0.2) is 4.98 Å². The van der Waals surface area contributed by atoms with Gasteiger partial charge in [0.05, 0.1) is 40.7 Å². The summed E-state index contributed by atoms with van der Waals surface area (Å²) >= 11 is 0. The van der Waals surface area contributed by atoms with Crippen LogP contribution in [0, 0.1) is 6.92 Å². The summed E-state index contributed by atoms with van der Waals surface area (Å²) in [5, 5.41) is 2.92. The van der Waals surface area contributed by atoms with Crippen molar-refractivity contribution >= 4 is 17.4 Å². The van der Waals surface area contributed by atoms with E-state index >= 15 is 0 Å². The van der Waals surface area contributed by atoms with Crippen LogP contribution < -0.4 is 29.4 Å². The van der Waals surface area contributed by atoms with Gasteiger partial charge in [0.1, 0.15) is 11.6 Å². The van der Waals surface area contributed by atoms with Crippen LogP contribution in [0.5, 0.6) is 23.0 Å². The number of aromatic nitrogens is 4. The molecule has 2 heterocycles. The lowest BCUT2D eigenvalue weighted by molar-refractivity contribution is 0.0983. The van der Waals surface area contributed by atoms with Crippen molar-refractivity contribution < 1.29 is 23.7 Å². The Balaban J connectivity index is 1.84. The Morgan fingerprint density at radius 3 is 2.23 bits per heavy atom. The quantitative estimate of drug-likeness (QED) is 0.410. The highest BCUT2D eigenvalue weighted by atomic mass is 16.5. The van der Waals surface area contributed by atoms with E-state index in [2.05, 4.69) is 15.1 Å². The van der Waals surface area contributed by atoms with Gasteiger partial charge in [-0.15, -0.1) is 0 Å². The molecule has 0 unspecified atom stereocenters. The van der Waals surface area contributed by atoms with E-state index in [0.29, 0.717) is 40.2 Å². The number of nitrogens with one attached hydrogen (secondary N) is 1. The molecule has 0 aliphatic heterocycles. The predicted octanol–water partition coefficient (Wildman–Crippen LogP) is 2.61. The van der Waals surface area contributed by atoms with Crippen LogP contribution in [0.4, 0.5) is 5.69 Å². The number of carbonyl (C=O) groups excluding carboxylic acids is 1. The Kier molecular flexibility index (Phi) is 6.58. The molecule has 35 heavy (non-hydrogen) atoms. The molecule has 1 N–H and O–H groups in total. The smallest absolute Gasteiger partial charge is 0.274 e. The highest BCUT2D eigenvalue weighted by Crippen LogP contribution is 2.39. The van der Waals surface area contributed by atoms with Crippen LogP contribution in [0.15, 0.2) is 47.3 Å². The summed E-state index contributed by atoms with van der Waals surface area (Å²) in [4.78, 5) is 36.4. The summed E-state index contributed by atoms with van der Waals surface area (Å²) in [7, 11) is 5.96. The Morgan fingerprint density at radius 1 is 0.943 bits per heavy atom. The summed E-state index contributed by atoms with van der Waals surface area (Å²) in [6.45, 7) is 1.71. The average molecular weight is 479 g/mol. The van der Waals surface area contributed by atoms with Crippen molar-refractivity contribution in [3.05, 3.63) is 69.9 Å². The van der Waals surface area contributed by atoms with E-state index in [1.54, 1.807) is 43.3 Å². The third-order valence-corrected chi connectivity index (χ3v) is 5.35. The molecule has 4 aromatic rings. The number of ether oxygens (including phenoxy) is 4. The largest absolute Gasteiger partial charge is 0.495 e. The number of hydrogen-bond donors (Lipinski definition) is 1. The van der Waals surface area contributed by atoms with Gasteiger partial charge < -0.3 is 18.9 Å². The first-order valence-electron chi connectivity index (χ1n) is 10.6. The highest BCUT2D eigenvalue weighted by molar-refractivity contribution is 6.07. The molecule has 1 amide bonds. The standard InChI is InChI=1S/C24H25N5O6/c1-14-10-21(30)29-24(25-14)26-20(27-29)13-28(16-8-6-7-9-17(16)32-2)23(31)15-11-18(33-3)22(35-5)19(12-15)34-4/h6-12H,13H2,1-5H3,(H,25,26,27). The molecule has 0 fully saturated rings. The number of methoxy groups -OCH3 is 4. The maximum Gasteiger partial charge on any atom is 0.274 e. The van der Waals surface area contributed by atoms with Gasteiger partial charge >= 0.3 is 0 Å². The first kappa shape index (κ1) is 23.6. The number of carbonyl (C=O) groups is 1. The highest BCUT2D eigenvalue weighted by Gasteiger charge is 2.26. The molecule has 11 heteroatoms. The topological polar surface area (TPSA) is 120 Å². The summed E-state index contributed by atoms with van der Waals surface area (Å²) in [6, 6.07) is 11.6. The molecule has 2 aromatic heterocycles. The number of nitrogens with zero attached hydrogens (tertiary/aromatic N) is 4. The van der Waals surface area contributed by atoms with Gasteiger partial charge in [-0.1, -0.05) is 12.1 Å². The zero-order valence-corrected chi connectivity index (χ0v) is 20.0. The van der Waals surface area contributed by atoms with Gasteiger partial charge in [0, 0.05) is 17.3 Å². The second kappa shape index (κ2) is 9.75. The molecule has 0 aliphatic carbocycles. The van der Waals surface area contributed by atoms with E-state index < -0.39 is 0 Å². The van der Waals surface area contributed by atoms with Crippen molar-refractivity contribution in [1.82, 2.24) is 19.6 Å². The average Bonchev–Trinajstić information content (AvgIpc) is 3.28. The predicted molar refractivity (Wildman–Crippen MR) is 128 cm³/mol. The van der Waals surface area contributed by atoms with Gasteiger partial charge in [0.25, 0.3) is 17.2 Å². The number of hydrogen-bond acceptors (Lipinski definition) is 8. The fraction of sp³-hybridized carbons (Fsp3) is 0.250. The van der Waals surface area contributed by atoms with E-state index in [0.717, 1.165) is 0 Å². The Morgan fingerprint density at radius 2 is 1.60 bits per heavy atom. The number of aromatic amines is 1. The fourth-order valence-corrected chi connectivity index (χ4v) is 3.74. The van der Waals surface area contributed by atoms with Gasteiger partial charge in [-0.05, 0) is 31.2 Å². The third-order valence-electron chi connectivity index (χ3n) is 5.35. The lowest BCUT2D eigenvalue weighted by Gasteiger charge is -2.24. The van der Waals surface area contributed by atoms with E-state index in [9.17, 15) is 9.59 Å². The van der Waals surface area contributed by atoms with Gasteiger partial charge in [-0.2, -0.15) is 9.50 Å². The van der Waals surface area contributed by atoms with E-state index in [1.807, 2.05) is 0 Å². The van der Waals surface area contributed by atoms with E-state index in [1.165, 1.54) is 43.9 Å². The monoisotopic (exact) mass is 479 g/mol. The zero-order chi connectivity index (χ0) is 25.1. The molecule has 11 nitrogen and oxygen atoms in total. The molecule has 0 spiro atoms. The van der Waals surface area contributed by atoms with Gasteiger partial charge in [0.15, 0.2) is 11.5 Å². The fourth-order valence-electron chi connectivity index (χ4n) is 3.74. The molecule has 0 atom stereocenters. The van der Waals surface area contributed by atoms with Crippen LogP contribution in [0.1, 0.15) is 21.9 Å². The lowest BCUT2D eigenvalue weighted by atomic mass is 10.1. The van der Waals surface area contributed by atoms with Gasteiger partial charge in [-0.3, -0.25) is 19.6 Å². The molecule has 0 bridgehead atoms. The van der Waals surface area contributed by atoms with Crippen LogP contribution in [0.2, 0.25) is 0 Å². The Bertz CT molecular complexity index is 1420. The number of benzene rings is 2. The summed E-state index contributed by atoms with van der Waals surface area (Å²) in [6.07, 6.45) is 0. The molecule has 0 aliphatic rings. The number of amides is 1. The van der Waals surface area contributed by atoms with Crippen LogP contribution in [-0.4, -0.2) is 53.9 Å². The number of rotatable bonds is 8. The van der Waals surface area contributed by atoms with Crippen molar-refractivity contribution in [2.45, 2.75) is 13.5 Å². The van der Waals surface area contributed by atoms with Crippen LogP contribution in [0.25, 0.3) is 5.78 Å².